The number of hydrogen-bond acceptors (Lipinski definition) is 5. The fraction of sp³-hybridized carbons (Fsp3) is 0.368. The highest BCUT2D eigenvalue weighted by atomic mass is 16.2. The van der Waals surface area contributed by atoms with E-state index in [0.717, 1.165) is 17.5 Å². The fourth-order valence-electron chi connectivity index (χ4n) is 2.41. The number of carbonyl (C=O) groups excluding carboxylic acids is 2. The van der Waals surface area contributed by atoms with Gasteiger partial charge in [0.25, 0.3) is 5.91 Å². The second-order valence-corrected chi connectivity index (χ2v) is 6.24. The Morgan fingerprint density at radius 2 is 1.89 bits per heavy atom. The van der Waals surface area contributed by atoms with Crippen molar-refractivity contribution in [2.45, 2.75) is 26.8 Å². The molecule has 1 heterocycles. The van der Waals surface area contributed by atoms with Gasteiger partial charge in [0.15, 0.2) is 0 Å². The van der Waals surface area contributed by atoms with Gasteiger partial charge in [-0.15, -0.1) is 0 Å². The number of carbonyl (C=O) groups is 2. The van der Waals surface area contributed by atoms with Crippen molar-refractivity contribution in [1.82, 2.24) is 20.2 Å². The summed E-state index contributed by atoms with van der Waals surface area (Å²) in [6.45, 7) is 4.88. The third-order valence-corrected chi connectivity index (χ3v) is 3.96. The Morgan fingerprint density at radius 3 is 2.48 bits per heavy atom. The molecule has 3 N–H and O–H groups in total. The van der Waals surface area contributed by atoms with E-state index in [1.165, 1.54) is 0 Å². The fourth-order valence-corrected chi connectivity index (χ4v) is 2.41. The molecule has 1 aromatic carbocycles. The molecule has 0 spiro atoms. The Kier molecular flexibility index (Phi) is 7.10. The molecule has 0 atom stereocenters. The molecule has 0 saturated heterocycles. The van der Waals surface area contributed by atoms with Crippen LogP contribution in [0.2, 0.25) is 0 Å². The molecule has 1 aromatic heterocycles. The van der Waals surface area contributed by atoms with E-state index in [9.17, 15) is 9.59 Å². The molecule has 0 unspecified atom stereocenters. The molecule has 0 aliphatic heterocycles. The van der Waals surface area contributed by atoms with Gasteiger partial charge in [-0.3, -0.25) is 4.79 Å². The number of hydrogen-bond donors (Lipinski definition) is 3. The summed E-state index contributed by atoms with van der Waals surface area (Å²) < 4.78 is 0. The van der Waals surface area contributed by atoms with Gasteiger partial charge in [-0.05, 0) is 37.1 Å². The Bertz CT molecular complexity index is 791. The lowest BCUT2D eigenvalue weighted by Gasteiger charge is -2.19. The average molecular weight is 370 g/mol. The van der Waals surface area contributed by atoms with Crippen molar-refractivity contribution in [2.24, 2.45) is 0 Å². The topological polar surface area (TPSA) is 99.3 Å². The highest BCUT2D eigenvalue weighted by Crippen LogP contribution is 2.17. The minimum atomic E-state index is -0.251. The molecule has 0 saturated carbocycles. The SMILES string of the molecule is CCCNC(=O)c1ccc(NC(=O)N(C)Cc2cnc(NC)nc2)c(C)c1. The van der Waals surface area contributed by atoms with Gasteiger partial charge in [0.1, 0.15) is 0 Å². The number of amides is 3. The molecule has 0 fully saturated rings. The molecule has 0 aliphatic carbocycles. The van der Waals surface area contributed by atoms with Gasteiger partial charge in [0.2, 0.25) is 5.95 Å². The summed E-state index contributed by atoms with van der Waals surface area (Å²) in [6, 6.07) is 4.97. The molecule has 0 bridgehead atoms. The van der Waals surface area contributed by atoms with Gasteiger partial charge in [0.05, 0.1) is 6.54 Å². The zero-order chi connectivity index (χ0) is 19.8. The van der Waals surface area contributed by atoms with E-state index in [4.69, 9.17) is 0 Å². The Morgan fingerprint density at radius 1 is 1.19 bits per heavy atom. The molecule has 144 valence electrons. The number of urea groups is 1. The standard InChI is InChI=1S/C19H26N6O2/c1-5-8-21-17(26)15-6-7-16(13(2)9-15)24-19(27)25(4)12-14-10-22-18(20-3)23-11-14/h6-7,9-11H,5,8,12H2,1-4H3,(H,21,26)(H,24,27)(H,20,22,23). The van der Waals surface area contributed by atoms with E-state index in [2.05, 4.69) is 25.9 Å². The van der Waals surface area contributed by atoms with Crippen LogP contribution >= 0.6 is 0 Å². The third-order valence-electron chi connectivity index (χ3n) is 3.96. The molecule has 2 rings (SSSR count). The van der Waals surface area contributed by atoms with Crippen molar-refractivity contribution in [1.29, 1.82) is 0 Å². The van der Waals surface area contributed by atoms with Crippen molar-refractivity contribution < 1.29 is 9.59 Å². The monoisotopic (exact) mass is 370 g/mol. The summed E-state index contributed by atoms with van der Waals surface area (Å²) in [5.41, 5.74) is 2.89. The first-order valence-corrected chi connectivity index (χ1v) is 8.84. The van der Waals surface area contributed by atoms with Crippen molar-refractivity contribution in [3.05, 3.63) is 47.3 Å². The Balaban J connectivity index is 1.98. The summed E-state index contributed by atoms with van der Waals surface area (Å²) in [5, 5.41) is 8.55. The molecule has 8 nitrogen and oxygen atoms in total. The number of nitrogens with zero attached hydrogens (tertiary/aromatic N) is 3. The number of aromatic nitrogens is 2. The summed E-state index contributed by atoms with van der Waals surface area (Å²) in [6.07, 6.45) is 4.24. The van der Waals surface area contributed by atoms with E-state index in [1.54, 1.807) is 49.6 Å². The summed E-state index contributed by atoms with van der Waals surface area (Å²) in [4.78, 5) is 34.3. The van der Waals surface area contributed by atoms with Gasteiger partial charge >= 0.3 is 6.03 Å². The van der Waals surface area contributed by atoms with Crippen LogP contribution < -0.4 is 16.0 Å². The molecule has 3 amide bonds. The zero-order valence-corrected chi connectivity index (χ0v) is 16.2. The van der Waals surface area contributed by atoms with Crippen LogP contribution in [0.3, 0.4) is 0 Å². The maximum atomic E-state index is 12.4. The van der Waals surface area contributed by atoms with E-state index in [1.807, 2.05) is 13.8 Å². The van der Waals surface area contributed by atoms with Crippen LogP contribution in [0.15, 0.2) is 30.6 Å². The maximum absolute atomic E-state index is 12.4. The summed E-state index contributed by atoms with van der Waals surface area (Å²) in [7, 11) is 3.44. The number of aryl methyl sites for hydroxylation is 1. The Labute approximate surface area is 159 Å². The van der Waals surface area contributed by atoms with Gasteiger partial charge in [0, 0.05) is 49.8 Å². The minimum absolute atomic E-state index is 0.111. The van der Waals surface area contributed by atoms with Gasteiger partial charge in [-0.25, -0.2) is 14.8 Å². The van der Waals surface area contributed by atoms with Crippen LogP contribution in [-0.2, 0) is 6.54 Å². The number of anilines is 2. The van der Waals surface area contributed by atoms with E-state index < -0.39 is 0 Å². The molecule has 8 heteroatoms. The van der Waals surface area contributed by atoms with Gasteiger partial charge in [-0.1, -0.05) is 6.92 Å². The highest BCUT2D eigenvalue weighted by molar-refractivity contribution is 5.96. The van der Waals surface area contributed by atoms with E-state index in [0.29, 0.717) is 30.3 Å². The smallest absolute Gasteiger partial charge is 0.321 e. The van der Waals surface area contributed by atoms with Crippen molar-refractivity contribution >= 4 is 23.6 Å². The predicted molar refractivity (Wildman–Crippen MR) is 106 cm³/mol. The minimum Gasteiger partial charge on any atom is -0.357 e. The largest absolute Gasteiger partial charge is 0.357 e. The molecular weight excluding hydrogens is 344 g/mol. The molecule has 2 aromatic rings. The maximum Gasteiger partial charge on any atom is 0.321 e. The first-order chi connectivity index (χ1) is 12.9. The van der Waals surface area contributed by atoms with Gasteiger partial charge < -0.3 is 20.9 Å². The highest BCUT2D eigenvalue weighted by Gasteiger charge is 2.13. The molecule has 27 heavy (non-hydrogen) atoms. The first kappa shape index (κ1) is 20.2. The van der Waals surface area contributed by atoms with Crippen LogP contribution in [0.25, 0.3) is 0 Å². The lowest BCUT2D eigenvalue weighted by atomic mass is 10.1. The Hall–Kier alpha value is -3.16. The molecule has 0 radical (unpaired) electrons. The summed E-state index contributed by atoms with van der Waals surface area (Å²) >= 11 is 0. The quantitative estimate of drug-likeness (QED) is 0.696. The molecule has 0 aliphatic rings. The van der Waals surface area contributed by atoms with E-state index >= 15 is 0 Å². The van der Waals surface area contributed by atoms with E-state index in [-0.39, 0.29) is 11.9 Å². The molecular formula is C19H26N6O2. The normalized spacial score (nSPS) is 10.2. The van der Waals surface area contributed by atoms with Crippen LogP contribution in [-0.4, -0.2) is 47.4 Å². The second-order valence-electron chi connectivity index (χ2n) is 6.24. The zero-order valence-electron chi connectivity index (χ0n) is 16.2. The summed E-state index contributed by atoms with van der Waals surface area (Å²) in [5.74, 6) is 0.421. The van der Waals surface area contributed by atoms with Crippen molar-refractivity contribution in [2.75, 3.05) is 31.3 Å². The van der Waals surface area contributed by atoms with Crippen LogP contribution in [0.4, 0.5) is 16.4 Å². The average Bonchev–Trinajstić information content (AvgIpc) is 2.68. The van der Waals surface area contributed by atoms with Gasteiger partial charge in [-0.2, -0.15) is 0 Å². The van der Waals surface area contributed by atoms with Crippen LogP contribution in [0.5, 0.6) is 0 Å². The first-order valence-electron chi connectivity index (χ1n) is 8.84. The second kappa shape index (κ2) is 9.51. The van der Waals surface area contributed by atoms with Crippen LogP contribution in [0.1, 0.15) is 34.8 Å². The van der Waals surface area contributed by atoms with Crippen LogP contribution in [0, 0.1) is 6.92 Å². The third kappa shape index (κ3) is 5.67. The lowest BCUT2D eigenvalue weighted by Crippen LogP contribution is -2.31. The predicted octanol–water partition coefficient (Wildman–Crippen LogP) is 2.63. The number of rotatable bonds is 7. The lowest BCUT2D eigenvalue weighted by molar-refractivity contribution is 0.0953. The number of benzene rings is 1. The number of nitrogens with one attached hydrogen (secondary N) is 3. The van der Waals surface area contributed by atoms with Crippen molar-refractivity contribution in [3.8, 4) is 0 Å². The van der Waals surface area contributed by atoms with Crippen molar-refractivity contribution in [3.63, 3.8) is 0 Å².